The summed E-state index contributed by atoms with van der Waals surface area (Å²) >= 11 is 5.43. The van der Waals surface area contributed by atoms with Gasteiger partial charge in [0.25, 0.3) is 0 Å². The lowest BCUT2D eigenvalue weighted by molar-refractivity contribution is -0.101. The number of benzene rings is 1. The van der Waals surface area contributed by atoms with Crippen molar-refractivity contribution in [2.45, 2.75) is 37.4 Å². The van der Waals surface area contributed by atoms with E-state index in [1.54, 1.807) is 0 Å². The summed E-state index contributed by atoms with van der Waals surface area (Å²) < 4.78 is 7.12. The Hall–Kier alpha value is -0.0300. The van der Waals surface area contributed by atoms with Crippen molar-refractivity contribution in [2.24, 2.45) is 5.92 Å². The zero-order valence-electron chi connectivity index (χ0n) is 11.6. The minimum absolute atomic E-state index is 0.0638. The Kier molecular flexibility index (Phi) is 4.75. The third kappa shape index (κ3) is 3.41. The summed E-state index contributed by atoms with van der Waals surface area (Å²) in [6.07, 6.45) is 3.67. The van der Waals surface area contributed by atoms with Crippen LogP contribution in [0.5, 0.6) is 0 Å². The molecule has 1 aromatic carbocycles. The molecule has 2 heterocycles. The first-order valence-corrected chi connectivity index (χ1v) is 9.26. The van der Waals surface area contributed by atoms with Gasteiger partial charge in [0.15, 0.2) is 0 Å². The van der Waals surface area contributed by atoms with E-state index in [1.165, 1.54) is 11.3 Å². The first-order valence-electron chi connectivity index (χ1n) is 7.31. The maximum absolute atomic E-state index is 10.6. The summed E-state index contributed by atoms with van der Waals surface area (Å²) in [6, 6.07) is 8.27. The second-order valence-electron chi connectivity index (χ2n) is 5.98. The van der Waals surface area contributed by atoms with E-state index < -0.39 is 0 Å². The molecule has 2 aliphatic heterocycles. The van der Waals surface area contributed by atoms with Gasteiger partial charge in [-0.2, -0.15) is 11.8 Å². The molecule has 0 radical (unpaired) electrons. The van der Waals surface area contributed by atoms with Crippen molar-refractivity contribution in [3.8, 4) is 0 Å². The van der Waals surface area contributed by atoms with Crippen molar-refractivity contribution < 1.29 is 9.84 Å². The topological polar surface area (TPSA) is 29.5 Å². The van der Waals surface area contributed by atoms with Gasteiger partial charge in [0, 0.05) is 16.8 Å². The highest BCUT2D eigenvalue weighted by molar-refractivity contribution is 9.10. The van der Waals surface area contributed by atoms with E-state index in [0.717, 1.165) is 42.5 Å². The molecule has 0 aliphatic carbocycles. The van der Waals surface area contributed by atoms with Crippen LogP contribution in [0.1, 0.15) is 24.8 Å². The summed E-state index contributed by atoms with van der Waals surface area (Å²) in [4.78, 5) is 0. The van der Waals surface area contributed by atoms with E-state index in [1.807, 2.05) is 23.9 Å². The molecule has 3 atom stereocenters. The van der Waals surface area contributed by atoms with Crippen LogP contribution in [0.2, 0.25) is 0 Å². The highest BCUT2D eigenvalue weighted by atomic mass is 79.9. The molecule has 0 bridgehead atoms. The van der Waals surface area contributed by atoms with Crippen molar-refractivity contribution in [1.29, 1.82) is 0 Å². The fourth-order valence-electron chi connectivity index (χ4n) is 3.29. The Morgan fingerprint density at radius 2 is 2.20 bits per heavy atom. The van der Waals surface area contributed by atoms with Crippen LogP contribution in [0.25, 0.3) is 0 Å². The maximum atomic E-state index is 10.6. The van der Waals surface area contributed by atoms with Crippen LogP contribution in [0.15, 0.2) is 28.7 Å². The molecule has 1 spiro atoms. The van der Waals surface area contributed by atoms with Crippen molar-refractivity contribution >= 4 is 27.7 Å². The normalized spacial score (nSPS) is 31.6. The molecule has 2 aliphatic rings. The average Bonchev–Trinajstić information content (AvgIpc) is 2.89. The van der Waals surface area contributed by atoms with Gasteiger partial charge in [-0.3, -0.25) is 0 Å². The van der Waals surface area contributed by atoms with Crippen molar-refractivity contribution in [2.75, 3.05) is 18.1 Å². The van der Waals surface area contributed by atoms with Gasteiger partial charge in [0.2, 0.25) is 0 Å². The van der Waals surface area contributed by atoms with E-state index in [9.17, 15) is 5.11 Å². The number of aliphatic hydroxyl groups excluding tert-OH is 1. The SMILES string of the molecule is OC(Cc1ccc(Br)cc1)C1CCOC2(CCSC2)C1. The Labute approximate surface area is 133 Å². The standard InChI is InChI=1S/C16H21BrO2S/c17-14-3-1-12(2-4-14)9-15(18)13-5-7-19-16(10-13)6-8-20-11-16/h1-4,13,15,18H,5-11H2. The number of aliphatic hydroxyl groups is 1. The molecule has 0 saturated carbocycles. The highest BCUT2D eigenvalue weighted by Gasteiger charge is 2.42. The Morgan fingerprint density at radius 1 is 1.40 bits per heavy atom. The van der Waals surface area contributed by atoms with Crippen LogP contribution in [0.4, 0.5) is 0 Å². The number of rotatable bonds is 3. The molecular formula is C16H21BrO2S. The number of hydrogen-bond acceptors (Lipinski definition) is 3. The van der Waals surface area contributed by atoms with Gasteiger partial charge >= 0.3 is 0 Å². The van der Waals surface area contributed by atoms with Gasteiger partial charge in [-0.05, 0) is 55.1 Å². The van der Waals surface area contributed by atoms with Crippen LogP contribution in [-0.4, -0.2) is 34.9 Å². The van der Waals surface area contributed by atoms with E-state index in [0.29, 0.717) is 5.92 Å². The lowest BCUT2D eigenvalue weighted by atomic mass is 9.81. The summed E-state index contributed by atoms with van der Waals surface area (Å²) in [5.41, 5.74) is 1.27. The number of ether oxygens (including phenoxy) is 1. The largest absolute Gasteiger partial charge is 0.392 e. The smallest absolute Gasteiger partial charge is 0.0783 e. The molecule has 0 amide bonds. The third-order valence-electron chi connectivity index (χ3n) is 4.50. The number of hydrogen-bond donors (Lipinski definition) is 1. The monoisotopic (exact) mass is 356 g/mol. The second-order valence-corrected chi connectivity index (χ2v) is 8.01. The zero-order chi connectivity index (χ0) is 14.0. The van der Waals surface area contributed by atoms with Crippen molar-refractivity contribution in [3.05, 3.63) is 34.3 Å². The van der Waals surface area contributed by atoms with Crippen molar-refractivity contribution in [3.63, 3.8) is 0 Å². The lowest BCUT2D eigenvalue weighted by Gasteiger charge is -2.39. The molecule has 1 aromatic rings. The van der Waals surface area contributed by atoms with Crippen LogP contribution in [-0.2, 0) is 11.2 Å². The second kappa shape index (κ2) is 6.39. The van der Waals surface area contributed by atoms with E-state index in [4.69, 9.17) is 4.74 Å². The molecule has 20 heavy (non-hydrogen) atoms. The van der Waals surface area contributed by atoms with Crippen LogP contribution >= 0.6 is 27.7 Å². The first kappa shape index (κ1) is 14.9. The summed E-state index contributed by atoms with van der Waals surface area (Å²) in [5.74, 6) is 2.69. The molecule has 3 unspecified atom stereocenters. The Balaban J connectivity index is 1.61. The molecule has 4 heteroatoms. The summed E-state index contributed by atoms with van der Waals surface area (Å²) in [7, 11) is 0. The Bertz CT molecular complexity index is 442. The lowest BCUT2D eigenvalue weighted by Crippen LogP contribution is -2.43. The summed E-state index contributed by atoms with van der Waals surface area (Å²) in [5, 5.41) is 10.6. The summed E-state index contributed by atoms with van der Waals surface area (Å²) in [6.45, 7) is 0.808. The van der Waals surface area contributed by atoms with E-state index in [-0.39, 0.29) is 11.7 Å². The van der Waals surface area contributed by atoms with Crippen LogP contribution in [0.3, 0.4) is 0 Å². The number of thioether (sulfide) groups is 1. The number of halogens is 1. The fourth-order valence-corrected chi connectivity index (χ4v) is 4.93. The zero-order valence-corrected chi connectivity index (χ0v) is 14.0. The molecule has 2 nitrogen and oxygen atoms in total. The molecular weight excluding hydrogens is 336 g/mol. The van der Waals surface area contributed by atoms with Gasteiger partial charge < -0.3 is 9.84 Å². The van der Waals surface area contributed by atoms with Gasteiger partial charge in [0.1, 0.15) is 0 Å². The van der Waals surface area contributed by atoms with Gasteiger partial charge in [0.05, 0.1) is 11.7 Å². The highest BCUT2D eigenvalue weighted by Crippen LogP contribution is 2.41. The molecule has 0 aromatic heterocycles. The van der Waals surface area contributed by atoms with E-state index >= 15 is 0 Å². The first-order chi connectivity index (χ1) is 9.67. The molecule has 2 saturated heterocycles. The van der Waals surface area contributed by atoms with Crippen LogP contribution in [0, 0.1) is 5.92 Å². The van der Waals surface area contributed by atoms with Crippen molar-refractivity contribution in [1.82, 2.24) is 0 Å². The third-order valence-corrected chi connectivity index (χ3v) is 6.25. The molecule has 3 rings (SSSR count). The maximum Gasteiger partial charge on any atom is 0.0783 e. The molecule has 2 fully saturated rings. The Morgan fingerprint density at radius 3 is 2.90 bits per heavy atom. The molecule has 1 N–H and O–H groups in total. The van der Waals surface area contributed by atoms with E-state index in [2.05, 4.69) is 28.1 Å². The minimum atomic E-state index is -0.248. The quantitative estimate of drug-likeness (QED) is 0.895. The predicted octanol–water partition coefficient (Wildman–Crippen LogP) is 3.65. The predicted molar refractivity (Wildman–Crippen MR) is 87.2 cm³/mol. The minimum Gasteiger partial charge on any atom is -0.392 e. The average molecular weight is 357 g/mol. The molecule has 110 valence electrons. The van der Waals surface area contributed by atoms with Gasteiger partial charge in [-0.25, -0.2) is 0 Å². The fraction of sp³-hybridized carbons (Fsp3) is 0.625. The van der Waals surface area contributed by atoms with Gasteiger partial charge in [-0.15, -0.1) is 0 Å². The van der Waals surface area contributed by atoms with Crippen LogP contribution < -0.4 is 0 Å². The van der Waals surface area contributed by atoms with Gasteiger partial charge in [-0.1, -0.05) is 28.1 Å².